The number of aromatic amines is 1. The Labute approximate surface area is 232 Å². The van der Waals surface area contributed by atoms with Gasteiger partial charge in [0.2, 0.25) is 11.8 Å². The topological polar surface area (TPSA) is 83.9 Å². The molecular formula is C33H33N5O2. The molecule has 0 bridgehead atoms. The molecule has 0 spiro atoms. The molecule has 3 aromatic carbocycles. The third kappa shape index (κ3) is 3.97. The van der Waals surface area contributed by atoms with Gasteiger partial charge in [0.05, 0.1) is 0 Å². The number of carbonyl (C=O) groups is 2. The molecule has 0 unspecified atom stereocenters. The van der Waals surface area contributed by atoms with Crippen molar-refractivity contribution in [2.24, 2.45) is 14.1 Å². The fourth-order valence-corrected chi connectivity index (χ4v) is 6.08. The van der Waals surface area contributed by atoms with Gasteiger partial charge in [0.25, 0.3) is 0 Å². The van der Waals surface area contributed by atoms with Crippen LogP contribution in [0.5, 0.6) is 0 Å². The monoisotopic (exact) mass is 531 g/mol. The molecule has 7 nitrogen and oxygen atoms in total. The van der Waals surface area contributed by atoms with Gasteiger partial charge in [-0.2, -0.15) is 0 Å². The summed E-state index contributed by atoms with van der Waals surface area (Å²) in [6.07, 6.45) is 6.36. The van der Waals surface area contributed by atoms with Crippen LogP contribution < -0.4 is 10.6 Å². The first-order valence-electron chi connectivity index (χ1n) is 13.5. The van der Waals surface area contributed by atoms with Crippen LogP contribution in [0, 0.1) is 0 Å². The molecular weight excluding hydrogens is 498 g/mol. The van der Waals surface area contributed by atoms with Crippen molar-refractivity contribution in [3.05, 3.63) is 108 Å². The van der Waals surface area contributed by atoms with E-state index in [1.165, 1.54) is 0 Å². The van der Waals surface area contributed by atoms with Crippen molar-refractivity contribution >= 4 is 44.5 Å². The summed E-state index contributed by atoms with van der Waals surface area (Å²) in [5.41, 5.74) is 4.74. The molecule has 3 N–H and O–H groups in total. The Kier molecular flexibility index (Phi) is 6.22. The minimum atomic E-state index is -1.09. The molecule has 0 aliphatic carbocycles. The second-order valence-corrected chi connectivity index (χ2v) is 10.7. The highest BCUT2D eigenvalue weighted by Gasteiger charge is 2.43. The Morgan fingerprint density at radius 3 is 1.93 bits per heavy atom. The quantitative estimate of drug-likeness (QED) is 0.273. The molecule has 0 radical (unpaired) electrons. The summed E-state index contributed by atoms with van der Waals surface area (Å²) in [7, 11) is 5.60. The highest BCUT2D eigenvalue weighted by molar-refractivity contribution is 6.03. The van der Waals surface area contributed by atoms with Gasteiger partial charge in [-0.05, 0) is 41.8 Å². The summed E-state index contributed by atoms with van der Waals surface area (Å²) in [6.45, 7) is 1.97. The minimum Gasteiger partial charge on any atom is -0.361 e. The third-order valence-corrected chi connectivity index (χ3v) is 8.29. The molecule has 0 fully saturated rings. The van der Waals surface area contributed by atoms with E-state index in [0.29, 0.717) is 6.42 Å². The Hall–Kier alpha value is -4.78. The molecule has 0 aliphatic rings. The van der Waals surface area contributed by atoms with Crippen LogP contribution in [0.1, 0.15) is 23.6 Å². The van der Waals surface area contributed by atoms with E-state index in [2.05, 4.69) is 49.0 Å². The van der Waals surface area contributed by atoms with Crippen LogP contribution in [0.2, 0.25) is 0 Å². The summed E-state index contributed by atoms with van der Waals surface area (Å²) in [6, 6.07) is 23.5. The molecule has 1 atom stereocenters. The first-order valence-corrected chi connectivity index (χ1v) is 13.5. The summed E-state index contributed by atoms with van der Waals surface area (Å²) in [5.74, 6) is -0.467. The Balaban J connectivity index is 1.49. The Morgan fingerprint density at radius 2 is 1.35 bits per heavy atom. The van der Waals surface area contributed by atoms with Crippen LogP contribution in [0.25, 0.3) is 32.7 Å². The van der Waals surface area contributed by atoms with E-state index in [4.69, 9.17) is 0 Å². The first-order chi connectivity index (χ1) is 19.3. The van der Waals surface area contributed by atoms with Crippen molar-refractivity contribution in [3.8, 4) is 0 Å². The van der Waals surface area contributed by atoms with Crippen molar-refractivity contribution in [2.45, 2.75) is 24.8 Å². The van der Waals surface area contributed by atoms with Crippen LogP contribution in [0.3, 0.4) is 0 Å². The summed E-state index contributed by atoms with van der Waals surface area (Å²) < 4.78 is 4.12. The number of likely N-dealkylation sites (N-methyl/N-ethyl adjacent to an activating group) is 1. The van der Waals surface area contributed by atoms with Gasteiger partial charge < -0.3 is 24.8 Å². The Morgan fingerprint density at radius 1 is 0.825 bits per heavy atom. The van der Waals surface area contributed by atoms with Gasteiger partial charge in [-0.3, -0.25) is 9.59 Å². The number of aryl methyl sites for hydroxylation is 2. The highest BCUT2D eigenvalue weighted by Crippen LogP contribution is 2.41. The van der Waals surface area contributed by atoms with Crippen molar-refractivity contribution in [1.29, 1.82) is 0 Å². The van der Waals surface area contributed by atoms with Crippen molar-refractivity contribution in [2.75, 3.05) is 7.05 Å². The lowest BCUT2D eigenvalue weighted by atomic mass is 9.74. The maximum absolute atomic E-state index is 14.7. The van der Waals surface area contributed by atoms with Crippen LogP contribution >= 0.6 is 0 Å². The average Bonchev–Trinajstić information content (AvgIpc) is 3.66. The second-order valence-electron chi connectivity index (χ2n) is 10.7. The molecule has 202 valence electrons. The molecule has 40 heavy (non-hydrogen) atoms. The van der Waals surface area contributed by atoms with Gasteiger partial charge in [0.15, 0.2) is 0 Å². The molecule has 0 aliphatic heterocycles. The third-order valence-electron chi connectivity index (χ3n) is 8.29. The van der Waals surface area contributed by atoms with E-state index in [1.54, 1.807) is 7.05 Å². The van der Waals surface area contributed by atoms with Crippen LogP contribution in [0.15, 0.2) is 91.4 Å². The van der Waals surface area contributed by atoms with Gasteiger partial charge >= 0.3 is 0 Å². The largest absolute Gasteiger partial charge is 0.361 e. The lowest BCUT2D eigenvalue weighted by molar-refractivity contribution is -0.130. The van der Waals surface area contributed by atoms with Crippen LogP contribution in [-0.2, 0) is 35.5 Å². The maximum atomic E-state index is 14.7. The predicted molar refractivity (Wildman–Crippen MR) is 160 cm³/mol. The molecule has 6 aromatic rings. The molecule has 0 saturated carbocycles. The highest BCUT2D eigenvalue weighted by atomic mass is 16.2. The minimum absolute atomic E-state index is 0.228. The average molecular weight is 532 g/mol. The van der Waals surface area contributed by atoms with E-state index < -0.39 is 11.5 Å². The summed E-state index contributed by atoms with van der Waals surface area (Å²) in [4.78, 5) is 31.2. The number of carbonyl (C=O) groups excluding carboxylic acids is 2. The summed E-state index contributed by atoms with van der Waals surface area (Å²) in [5, 5.41) is 8.98. The predicted octanol–water partition coefficient (Wildman–Crippen LogP) is 4.93. The fourth-order valence-electron chi connectivity index (χ4n) is 6.08. The number of rotatable bonds is 7. The molecule has 7 heteroatoms. The van der Waals surface area contributed by atoms with E-state index in [0.717, 1.165) is 49.4 Å². The number of hydrogen-bond donors (Lipinski definition) is 3. The number of nitrogens with zero attached hydrogens (tertiary/aromatic N) is 2. The number of amides is 2. The molecule has 3 heterocycles. The number of aromatic nitrogens is 3. The second kappa shape index (κ2) is 9.75. The smallest absolute Gasteiger partial charge is 0.242 e. The van der Waals surface area contributed by atoms with Crippen molar-refractivity contribution in [1.82, 2.24) is 24.8 Å². The van der Waals surface area contributed by atoms with Crippen LogP contribution in [-0.4, -0.2) is 39.0 Å². The SMILES string of the molecule is CNC(=O)[C@H](Cc1c[nH]c2ccccc12)NC(=O)C(C)(c1cn(C)c2ccccc12)c1cn(C)c2ccccc12. The number of fused-ring (bicyclic) bond motifs is 3. The number of nitrogens with one attached hydrogen (secondary N) is 3. The first kappa shape index (κ1) is 25.5. The fraction of sp³-hybridized carbons (Fsp3) is 0.212. The maximum Gasteiger partial charge on any atom is 0.242 e. The number of H-pyrrole nitrogens is 1. The summed E-state index contributed by atoms with van der Waals surface area (Å²) >= 11 is 0. The van der Waals surface area contributed by atoms with Gasteiger partial charge in [0.1, 0.15) is 11.5 Å². The normalized spacial score (nSPS) is 12.7. The van der Waals surface area contributed by atoms with Gasteiger partial charge in [0, 0.05) is 78.9 Å². The van der Waals surface area contributed by atoms with E-state index in [9.17, 15) is 9.59 Å². The molecule has 2 amide bonds. The van der Waals surface area contributed by atoms with E-state index in [1.807, 2.05) is 88.1 Å². The zero-order chi connectivity index (χ0) is 28.0. The van der Waals surface area contributed by atoms with E-state index in [-0.39, 0.29) is 11.8 Å². The lowest BCUT2D eigenvalue weighted by Gasteiger charge is -2.31. The number of benzene rings is 3. The van der Waals surface area contributed by atoms with Gasteiger partial charge in [-0.15, -0.1) is 0 Å². The molecule has 3 aromatic heterocycles. The molecule has 0 saturated heterocycles. The number of hydrogen-bond acceptors (Lipinski definition) is 2. The zero-order valence-corrected chi connectivity index (χ0v) is 23.2. The Bertz CT molecular complexity index is 1810. The van der Waals surface area contributed by atoms with Gasteiger partial charge in [-0.1, -0.05) is 54.6 Å². The van der Waals surface area contributed by atoms with E-state index >= 15 is 0 Å². The lowest BCUT2D eigenvalue weighted by Crippen LogP contribution is -2.53. The van der Waals surface area contributed by atoms with Crippen molar-refractivity contribution in [3.63, 3.8) is 0 Å². The zero-order valence-electron chi connectivity index (χ0n) is 23.2. The van der Waals surface area contributed by atoms with Gasteiger partial charge in [-0.25, -0.2) is 0 Å². The standard InChI is InChI=1S/C33H33N5O2/c1-33(25-19-37(3)29-15-9-6-12-23(25)29,26-20-38(4)30-16-10-7-13-24(26)30)32(40)36-28(31(39)34-2)17-21-18-35-27-14-8-5-11-22(21)27/h5-16,18-20,28,35H,17H2,1-4H3,(H,34,39)(H,36,40)/t28-/m0/s1. The number of para-hydroxylation sites is 3. The molecule has 6 rings (SSSR count). The van der Waals surface area contributed by atoms with Crippen molar-refractivity contribution < 1.29 is 9.59 Å². The van der Waals surface area contributed by atoms with Crippen LogP contribution in [0.4, 0.5) is 0 Å².